The maximum atomic E-state index is 5.53. The first-order valence-electron chi connectivity index (χ1n) is 8.53. The molecule has 0 aliphatic carbocycles. The van der Waals surface area contributed by atoms with Gasteiger partial charge in [0.05, 0.1) is 16.4 Å². The summed E-state index contributed by atoms with van der Waals surface area (Å²) >= 11 is 3.54. The lowest BCUT2D eigenvalue weighted by Gasteiger charge is -2.23. The standard InChI is InChI=1S/C17H23BrN8/c1-11(8-23-17(19)20-2)7-22-15-6-14(12-4-3-5-21-9-12)25-16-13(18)10-24-26(15)16/h6,8,10,12,21-22H,2-5,7,9H2,1H3,(H2,19,23)/b11-8+. The van der Waals surface area contributed by atoms with E-state index < -0.39 is 0 Å². The number of anilines is 1. The molecule has 1 aliphatic rings. The van der Waals surface area contributed by atoms with Crippen LogP contribution in [0.3, 0.4) is 0 Å². The molecule has 4 N–H and O–H groups in total. The summed E-state index contributed by atoms with van der Waals surface area (Å²) in [4.78, 5) is 12.4. The normalized spacial score (nSPS) is 18.9. The van der Waals surface area contributed by atoms with E-state index in [-0.39, 0.29) is 5.96 Å². The summed E-state index contributed by atoms with van der Waals surface area (Å²) in [6.07, 6.45) is 5.75. The molecule has 0 aromatic carbocycles. The zero-order valence-corrected chi connectivity index (χ0v) is 16.3. The van der Waals surface area contributed by atoms with Gasteiger partial charge in [0.1, 0.15) is 5.82 Å². The van der Waals surface area contributed by atoms with E-state index in [0.717, 1.165) is 46.7 Å². The lowest BCUT2D eigenvalue weighted by molar-refractivity contribution is 0.455. The SMILES string of the molecule is C=NC(N)=N/C=C(\C)CNc1cc(C2CCCNC2)nc2c(Br)cnn12. The van der Waals surface area contributed by atoms with Gasteiger partial charge in [-0.2, -0.15) is 9.61 Å². The molecule has 138 valence electrons. The monoisotopic (exact) mass is 418 g/mol. The minimum atomic E-state index is 0.152. The van der Waals surface area contributed by atoms with Gasteiger partial charge in [-0.05, 0) is 54.5 Å². The fourth-order valence-corrected chi connectivity index (χ4v) is 3.24. The van der Waals surface area contributed by atoms with Gasteiger partial charge >= 0.3 is 0 Å². The number of nitrogens with zero attached hydrogens (tertiary/aromatic N) is 5. The molecule has 1 saturated heterocycles. The van der Waals surface area contributed by atoms with Crippen molar-refractivity contribution in [3.63, 3.8) is 0 Å². The van der Waals surface area contributed by atoms with Crippen LogP contribution in [0.1, 0.15) is 31.4 Å². The number of nitrogens with two attached hydrogens (primary N) is 1. The second-order valence-corrected chi connectivity index (χ2v) is 7.17. The van der Waals surface area contributed by atoms with Gasteiger partial charge in [-0.3, -0.25) is 0 Å². The number of fused-ring (bicyclic) bond motifs is 1. The summed E-state index contributed by atoms with van der Waals surface area (Å²) in [7, 11) is 0. The molecule has 8 nitrogen and oxygen atoms in total. The van der Waals surface area contributed by atoms with Crippen LogP contribution < -0.4 is 16.4 Å². The van der Waals surface area contributed by atoms with Gasteiger partial charge in [0.2, 0.25) is 5.96 Å². The van der Waals surface area contributed by atoms with Crippen LogP contribution in [0.25, 0.3) is 5.65 Å². The number of rotatable bonds is 5. The van der Waals surface area contributed by atoms with Crippen molar-refractivity contribution in [3.8, 4) is 0 Å². The molecule has 1 fully saturated rings. The van der Waals surface area contributed by atoms with Gasteiger partial charge < -0.3 is 16.4 Å². The molecule has 0 radical (unpaired) electrons. The Morgan fingerprint density at radius 1 is 1.62 bits per heavy atom. The third-order valence-corrected chi connectivity index (χ3v) is 4.85. The van der Waals surface area contributed by atoms with Crippen molar-refractivity contribution in [2.45, 2.75) is 25.7 Å². The molecule has 3 heterocycles. The largest absolute Gasteiger partial charge is 0.368 e. The Bertz CT molecular complexity index is 848. The number of guanidine groups is 1. The average molecular weight is 419 g/mol. The van der Waals surface area contributed by atoms with Gasteiger partial charge in [-0.25, -0.2) is 15.0 Å². The summed E-state index contributed by atoms with van der Waals surface area (Å²) in [5.41, 5.74) is 8.43. The van der Waals surface area contributed by atoms with E-state index in [4.69, 9.17) is 10.7 Å². The van der Waals surface area contributed by atoms with E-state index in [1.807, 2.05) is 6.92 Å². The number of piperidine rings is 1. The number of aliphatic imine (C=N–C) groups is 2. The number of aromatic nitrogens is 3. The molecule has 1 atom stereocenters. The fraction of sp³-hybridized carbons (Fsp3) is 0.412. The molecule has 1 aliphatic heterocycles. The predicted octanol–water partition coefficient (Wildman–Crippen LogP) is 2.29. The quantitative estimate of drug-likeness (QED) is 0.510. The lowest BCUT2D eigenvalue weighted by Crippen LogP contribution is -2.29. The zero-order valence-electron chi connectivity index (χ0n) is 14.7. The van der Waals surface area contributed by atoms with Crippen LogP contribution in [0.5, 0.6) is 0 Å². The van der Waals surface area contributed by atoms with Crippen LogP contribution in [-0.2, 0) is 0 Å². The van der Waals surface area contributed by atoms with Crippen molar-refractivity contribution in [1.29, 1.82) is 0 Å². The fourth-order valence-electron chi connectivity index (χ4n) is 2.89. The molecule has 0 saturated carbocycles. The lowest BCUT2D eigenvalue weighted by atomic mass is 9.96. The maximum Gasteiger partial charge on any atom is 0.219 e. The predicted molar refractivity (Wildman–Crippen MR) is 109 cm³/mol. The molecule has 0 bridgehead atoms. The number of hydrogen-bond donors (Lipinski definition) is 3. The second kappa shape index (κ2) is 8.41. The van der Waals surface area contributed by atoms with Crippen LogP contribution in [0.2, 0.25) is 0 Å². The summed E-state index contributed by atoms with van der Waals surface area (Å²) in [5.74, 6) is 1.46. The van der Waals surface area contributed by atoms with Crippen molar-refractivity contribution in [3.05, 3.63) is 34.2 Å². The van der Waals surface area contributed by atoms with E-state index in [2.05, 4.69) is 54.4 Å². The van der Waals surface area contributed by atoms with Gasteiger partial charge in [0.25, 0.3) is 0 Å². The number of hydrogen-bond acceptors (Lipinski definition) is 5. The van der Waals surface area contributed by atoms with Gasteiger partial charge in [-0.15, -0.1) is 0 Å². The Kier molecular flexibility index (Phi) is 6.00. The molecule has 1 unspecified atom stereocenters. The first-order valence-corrected chi connectivity index (χ1v) is 9.32. The van der Waals surface area contributed by atoms with Crippen molar-refractivity contribution in [2.24, 2.45) is 15.7 Å². The number of nitrogens with one attached hydrogen (secondary N) is 2. The molecule has 3 rings (SSSR count). The molecular weight excluding hydrogens is 396 g/mol. The highest BCUT2D eigenvalue weighted by Crippen LogP contribution is 2.27. The highest BCUT2D eigenvalue weighted by atomic mass is 79.9. The van der Waals surface area contributed by atoms with Gasteiger partial charge in [0.15, 0.2) is 5.65 Å². The average Bonchev–Trinajstić information content (AvgIpc) is 3.05. The molecule has 2 aromatic rings. The van der Waals surface area contributed by atoms with E-state index in [0.29, 0.717) is 12.5 Å². The van der Waals surface area contributed by atoms with Crippen LogP contribution in [0.15, 0.2) is 38.5 Å². The molecular formula is C17H23BrN8. The first-order chi connectivity index (χ1) is 12.6. The summed E-state index contributed by atoms with van der Waals surface area (Å²) in [6.45, 7) is 7.95. The Morgan fingerprint density at radius 3 is 3.19 bits per heavy atom. The van der Waals surface area contributed by atoms with E-state index in [1.54, 1.807) is 16.9 Å². The minimum Gasteiger partial charge on any atom is -0.368 e. The van der Waals surface area contributed by atoms with Crippen molar-refractivity contribution in [1.82, 2.24) is 19.9 Å². The highest BCUT2D eigenvalue weighted by Gasteiger charge is 2.19. The van der Waals surface area contributed by atoms with E-state index >= 15 is 0 Å². The van der Waals surface area contributed by atoms with Gasteiger partial charge in [0, 0.05) is 31.3 Å². The molecule has 0 spiro atoms. The van der Waals surface area contributed by atoms with Crippen molar-refractivity contribution in [2.75, 3.05) is 25.0 Å². The Morgan fingerprint density at radius 2 is 2.46 bits per heavy atom. The maximum absolute atomic E-state index is 5.53. The van der Waals surface area contributed by atoms with Crippen molar-refractivity contribution < 1.29 is 0 Å². The highest BCUT2D eigenvalue weighted by molar-refractivity contribution is 9.10. The number of halogens is 1. The third kappa shape index (κ3) is 4.28. The Labute approximate surface area is 160 Å². The third-order valence-electron chi connectivity index (χ3n) is 4.29. The van der Waals surface area contributed by atoms with Gasteiger partial charge in [-0.1, -0.05) is 0 Å². The van der Waals surface area contributed by atoms with Crippen LogP contribution >= 0.6 is 15.9 Å². The molecule has 2 aromatic heterocycles. The summed E-state index contributed by atoms with van der Waals surface area (Å²) < 4.78 is 2.69. The van der Waals surface area contributed by atoms with Crippen molar-refractivity contribution >= 4 is 40.1 Å². The minimum absolute atomic E-state index is 0.152. The van der Waals surface area contributed by atoms with E-state index in [9.17, 15) is 0 Å². The second-order valence-electron chi connectivity index (χ2n) is 6.31. The smallest absolute Gasteiger partial charge is 0.219 e. The Hall–Kier alpha value is -2.26. The molecule has 0 amide bonds. The Balaban J connectivity index is 1.85. The summed E-state index contributed by atoms with van der Waals surface area (Å²) in [6, 6.07) is 2.08. The zero-order chi connectivity index (χ0) is 18.5. The molecule has 26 heavy (non-hydrogen) atoms. The molecule has 9 heteroatoms. The van der Waals surface area contributed by atoms with E-state index in [1.165, 1.54) is 6.42 Å². The topological polar surface area (TPSA) is 105 Å². The first kappa shape index (κ1) is 18.5. The summed E-state index contributed by atoms with van der Waals surface area (Å²) in [5, 5.41) is 11.3. The van der Waals surface area contributed by atoms with Crippen LogP contribution in [0, 0.1) is 0 Å². The van der Waals surface area contributed by atoms with Crippen LogP contribution in [0.4, 0.5) is 5.82 Å². The van der Waals surface area contributed by atoms with Crippen LogP contribution in [-0.4, -0.2) is 46.9 Å².